The summed E-state index contributed by atoms with van der Waals surface area (Å²) in [5.41, 5.74) is 0.386. The predicted octanol–water partition coefficient (Wildman–Crippen LogP) is 2.90. The van der Waals surface area contributed by atoms with Crippen molar-refractivity contribution in [2.75, 3.05) is 6.54 Å². The van der Waals surface area contributed by atoms with Gasteiger partial charge in [-0.3, -0.25) is 4.79 Å². The van der Waals surface area contributed by atoms with E-state index in [0.717, 1.165) is 17.3 Å². The summed E-state index contributed by atoms with van der Waals surface area (Å²) in [6.07, 6.45) is 4.47. The van der Waals surface area contributed by atoms with Crippen LogP contribution in [0.3, 0.4) is 0 Å². The maximum atomic E-state index is 12.8. The van der Waals surface area contributed by atoms with Gasteiger partial charge in [0.1, 0.15) is 5.75 Å². The third-order valence-electron chi connectivity index (χ3n) is 4.68. The maximum absolute atomic E-state index is 12.8. The molecule has 1 amide bonds. The number of hydrogen-bond acceptors (Lipinski definition) is 3. The second-order valence-electron chi connectivity index (χ2n) is 6.02. The molecule has 2 bridgehead atoms. The molecule has 0 aliphatic carbocycles. The molecule has 0 spiro atoms. The van der Waals surface area contributed by atoms with Crippen molar-refractivity contribution in [3.63, 3.8) is 0 Å². The molecule has 5 heteroatoms. The minimum Gasteiger partial charge on any atom is -0.507 e. The number of carbonyl (C=O) groups is 1. The highest BCUT2D eigenvalue weighted by atomic mass is 79.9. The molecule has 2 heterocycles. The monoisotopic (exact) mass is 352 g/mol. The van der Waals surface area contributed by atoms with E-state index in [2.05, 4.69) is 21.2 Å². The number of nitrogens with one attached hydrogen (secondary N) is 1. The first-order valence-corrected chi connectivity index (χ1v) is 8.43. The van der Waals surface area contributed by atoms with Gasteiger partial charge in [0, 0.05) is 29.1 Å². The van der Waals surface area contributed by atoms with Gasteiger partial charge in [-0.05, 0) is 50.8 Å². The molecule has 2 aliphatic heterocycles. The summed E-state index contributed by atoms with van der Waals surface area (Å²) in [5, 5.41) is 13.6. The van der Waals surface area contributed by atoms with Gasteiger partial charge in [0.15, 0.2) is 0 Å². The topological polar surface area (TPSA) is 52.6 Å². The van der Waals surface area contributed by atoms with Crippen LogP contribution >= 0.6 is 15.9 Å². The molecule has 4 nitrogen and oxygen atoms in total. The number of nitrogens with zero attached hydrogens (tertiary/aromatic N) is 1. The Bertz CT molecular complexity index is 537. The molecule has 1 aromatic rings. The van der Waals surface area contributed by atoms with Crippen molar-refractivity contribution >= 4 is 21.8 Å². The summed E-state index contributed by atoms with van der Waals surface area (Å²) < 4.78 is 0.810. The second-order valence-corrected chi connectivity index (χ2v) is 6.93. The number of amides is 1. The molecule has 2 atom stereocenters. The van der Waals surface area contributed by atoms with Crippen LogP contribution < -0.4 is 5.32 Å². The zero-order chi connectivity index (χ0) is 15.0. The van der Waals surface area contributed by atoms with Crippen molar-refractivity contribution < 1.29 is 9.90 Å². The number of piperidine rings is 1. The van der Waals surface area contributed by atoms with Crippen molar-refractivity contribution in [3.8, 4) is 5.75 Å². The number of phenols is 1. The van der Waals surface area contributed by atoms with Crippen LogP contribution in [0.15, 0.2) is 22.7 Å². The Morgan fingerprint density at radius 2 is 2.05 bits per heavy atom. The number of aromatic hydroxyl groups is 1. The lowest BCUT2D eigenvalue weighted by molar-refractivity contribution is 0.0628. The molecule has 3 rings (SSSR count). The Hall–Kier alpha value is -1.07. The zero-order valence-corrected chi connectivity index (χ0v) is 13.8. The standard InChI is InChI=1S/C16H21BrN2O2/c1-2-19(13-8-11-4-5-12(9-13)18-11)16(21)14-7-10(17)3-6-15(14)20/h3,6-7,11-13,18,20H,2,4-5,8-9H2,1H3. The lowest BCUT2D eigenvalue weighted by Gasteiger charge is -2.37. The molecule has 21 heavy (non-hydrogen) atoms. The van der Waals surface area contributed by atoms with E-state index in [1.165, 1.54) is 12.8 Å². The Balaban J connectivity index is 1.82. The average molecular weight is 353 g/mol. The van der Waals surface area contributed by atoms with Gasteiger partial charge in [-0.1, -0.05) is 15.9 Å². The van der Waals surface area contributed by atoms with Gasteiger partial charge >= 0.3 is 0 Å². The molecule has 2 fully saturated rings. The van der Waals surface area contributed by atoms with Gasteiger partial charge in [0.25, 0.3) is 5.91 Å². The SMILES string of the molecule is CCN(C(=O)c1cc(Br)ccc1O)C1CC2CCC(C1)N2. The summed E-state index contributed by atoms with van der Waals surface area (Å²) >= 11 is 3.37. The van der Waals surface area contributed by atoms with E-state index in [0.29, 0.717) is 24.2 Å². The van der Waals surface area contributed by atoms with E-state index in [9.17, 15) is 9.90 Å². The number of phenolic OH excluding ortho intramolecular Hbond substituents is 1. The van der Waals surface area contributed by atoms with Crippen molar-refractivity contribution in [2.45, 2.75) is 50.7 Å². The number of halogens is 1. The van der Waals surface area contributed by atoms with E-state index in [4.69, 9.17) is 0 Å². The van der Waals surface area contributed by atoms with Gasteiger partial charge in [-0.2, -0.15) is 0 Å². The molecule has 2 unspecified atom stereocenters. The molecule has 1 aromatic carbocycles. The Kier molecular flexibility index (Phi) is 4.22. The van der Waals surface area contributed by atoms with E-state index in [1.54, 1.807) is 18.2 Å². The number of fused-ring (bicyclic) bond motifs is 2. The summed E-state index contributed by atoms with van der Waals surface area (Å²) in [4.78, 5) is 14.7. The van der Waals surface area contributed by atoms with Crippen molar-refractivity contribution in [3.05, 3.63) is 28.2 Å². The van der Waals surface area contributed by atoms with E-state index in [-0.39, 0.29) is 17.7 Å². The summed E-state index contributed by atoms with van der Waals surface area (Å²) in [5.74, 6) is -0.0128. The molecule has 114 valence electrons. The van der Waals surface area contributed by atoms with Crippen LogP contribution in [0.5, 0.6) is 5.75 Å². The normalized spacial score (nSPS) is 27.6. The van der Waals surface area contributed by atoms with Crippen LogP contribution in [-0.2, 0) is 0 Å². The maximum Gasteiger partial charge on any atom is 0.257 e. The van der Waals surface area contributed by atoms with Gasteiger partial charge in [0.2, 0.25) is 0 Å². The Morgan fingerprint density at radius 3 is 2.67 bits per heavy atom. The first-order chi connectivity index (χ1) is 10.1. The largest absolute Gasteiger partial charge is 0.507 e. The Morgan fingerprint density at radius 1 is 1.38 bits per heavy atom. The fourth-order valence-corrected chi connectivity index (χ4v) is 4.04. The molecular formula is C16H21BrN2O2. The van der Waals surface area contributed by atoms with Gasteiger partial charge in [-0.15, -0.1) is 0 Å². The molecule has 0 saturated carbocycles. The predicted molar refractivity (Wildman–Crippen MR) is 85.5 cm³/mol. The van der Waals surface area contributed by atoms with Crippen LogP contribution in [-0.4, -0.2) is 40.6 Å². The highest BCUT2D eigenvalue weighted by Crippen LogP contribution is 2.31. The third-order valence-corrected chi connectivity index (χ3v) is 5.17. The minimum absolute atomic E-state index is 0.0542. The summed E-state index contributed by atoms with van der Waals surface area (Å²) in [6, 6.07) is 6.39. The molecule has 2 saturated heterocycles. The molecule has 0 radical (unpaired) electrons. The minimum atomic E-state index is -0.0670. The summed E-state index contributed by atoms with van der Waals surface area (Å²) in [6.45, 7) is 2.69. The van der Waals surface area contributed by atoms with Crippen molar-refractivity contribution in [1.82, 2.24) is 10.2 Å². The number of benzene rings is 1. The van der Waals surface area contributed by atoms with Crippen LogP contribution in [0.1, 0.15) is 43.0 Å². The first-order valence-electron chi connectivity index (χ1n) is 7.64. The molecule has 2 aliphatic rings. The highest BCUT2D eigenvalue weighted by molar-refractivity contribution is 9.10. The Labute approximate surface area is 133 Å². The highest BCUT2D eigenvalue weighted by Gasteiger charge is 2.37. The smallest absolute Gasteiger partial charge is 0.257 e. The van der Waals surface area contributed by atoms with Crippen LogP contribution in [0.4, 0.5) is 0 Å². The molecular weight excluding hydrogens is 332 g/mol. The first kappa shape index (κ1) is 14.9. The van der Waals surface area contributed by atoms with Gasteiger partial charge in [-0.25, -0.2) is 0 Å². The second kappa shape index (κ2) is 5.97. The van der Waals surface area contributed by atoms with E-state index >= 15 is 0 Å². The average Bonchev–Trinajstić information content (AvgIpc) is 2.81. The van der Waals surface area contributed by atoms with Crippen LogP contribution in [0.25, 0.3) is 0 Å². The fraction of sp³-hybridized carbons (Fsp3) is 0.562. The third kappa shape index (κ3) is 2.94. The van der Waals surface area contributed by atoms with Crippen LogP contribution in [0, 0.1) is 0 Å². The van der Waals surface area contributed by atoms with Gasteiger partial charge in [0.05, 0.1) is 5.56 Å². The fourth-order valence-electron chi connectivity index (χ4n) is 3.68. The summed E-state index contributed by atoms with van der Waals surface area (Å²) in [7, 11) is 0. The molecule has 0 aromatic heterocycles. The van der Waals surface area contributed by atoms with Crippen molar-refractivity contribution in [2.24, 2.45) is 0 Å². The van der Waals surface area contributed by atoms with E-state index < -0.39 is 0 Å². The number of carbonyl (C=O) groups excluding carboxylic acids is 1. The number of rotatable bonds is 3. The van der Waals surface area contributed by atoms with Gasteiger partial charge < -0.3 is 15.3 Å². The lowest BCUT2D eigenvalue weighted by atomic mass is 9.97. The lowest BCUT2D eigenvalue weighted by Crippen LogP contribution is -2.50. The van der Waals surface area contributed by atoms with E-state index in [1.807, 2.05) is 11.8 Å². The van der Waals surface area contributed by atoms with Crippen molar-refractivity contribution in [1.29, 1.82) is 0 Å². The quantitative estimate of drug-likeness (QED) is 0.879. The zero-order valence-electron chi connectivity index (χ0n) is 12.2. The van der Waals surface area contributed by atoms with Crippen LogP contribution in [0.2, 0.25) is 0 Å². The molecule has 2 N–H and O–H groups in total. The number of hydrogen-bond donors (Lipinski definition) is 2.